The number of nitrogens with two attached hydrogens (primary N) is 1. The van der Waals surface area contributed by atoms with Gasteiger partial charge in [-0.2, -0.15) is 0 Å². The SMILES string of the molecule is COC(CN(C)C(c1ccccc1)(C(O)CN)n1cc(C)c2cc(Cl)ccc21)C(c1ccccc1)n1cc(C)c2cc(Cl)ccc21. The maximum Gasteiger partial charge on any atom is 0.151 e. The van der Waals surface area contributed by atoms with Crippen LogP contribution in [0, 0.1) is 13.8 Å². The van der Waals surface area contributed by atoms with E-state index in [4.69, 9.17) is 33.7 Å². The number of fused-ring (bicyclic) bond motifs is 2. The van der Waals surface area contributed by atoms with Crippen molar-refractivity contribution in [3.05, 3.63) is 142 Å². The Kier molecular flexibility index (Phi) is 9.31. The largest absolute Gasteiger partial charge is 0.388 e. The van der Waals surface area contributed by atoms with E-state index in [2.05, 4.69) is 82.7 Å². The fourth-order valence-electron chi connectivity index (χ4n) is 7.19. The Morgan fingerprint density at radius 1 is 0.826 bits per heavy atom. The second-order valence-corrected chi connectivity index (χ2v) is 13.0. The third-order valence-corrected chi connectivity index (χ3v) is 9.82. The highest BCUT2D eigenvalue weighted by Gasteiger charge is 2.47. The molecule has 4 aromatic carbocycles. The number of hydrogen-bond acceptors (Lipinski definition) is 4. The molecule has 0 fully saturated rings. The second-order valence-electron chi connectivity index (χ2n) is 12.1. The van der Waals surface area contributed by atoms with Crippen LogP contribution in [0.2, 0.25) is 10.0 Å². The summed E-state index contributed by atoms with van der Waals surface area (Å²) in [6.45, 7) is 4.65. The molecule has 8 heteroatoms. The van der Waals surface area contributed by atoms with Crippen molar-refractivity contribution in [3.8, 4) is 0 Å². The first kappa shape index (κ1) is 32.3. The van der Waals surface area contributed by atoms with Crippen LogP contribution in [0.3, 0.4) is 0 Å². The average Bonchev–Trinajstić information content (AvgIpc) is 3.57. The molecule has 0 radical (unpaired) electrons. The van der Waals surface area contributed by atoms with Gasteiger partial charge in [-0.1, -0.05) is 83.9 Å². The maximum atomic E-state index is 12.1. The lowest BCUT2D eigenvalue weighted by atomic mass is 9.89. The molecule has 0 bridgehead atoms. The topological polar surface area (TPSA) is 68.6 Å². The lowest BCUT2D eigenvalue weighted by Crippen LogP contribution is -2.61. The number of benzene rings is 4. The van der Waals surface area contributed by atoms with Gasteiger partial charge in [0.2, 0.25) is 0 Å². The van der Waals surface area contributed by atoms with Crippen LogP contribution in [0.25, 0.3) is 21.8 Å². The number of methoxy groups -OCH3 is 1. The van der Waals surface area contributed by atoms with Crippen LogP contribution in [0.15, 0.2) is 109 Å². The Morgan fingerprint density at radius 3 is 2.00 bits per heavy atom. The van der Waals surface area contributed by atoms with E-state index in [1.54, 1.807) is 7.11 Å². The van der Waals surface area contributed by atoms with Crippen molar-refractivity contribution < 1.29 is 9.84 Å². The van der Waals surface area contributed by atoms with Gasteiger partial charge in [-0.3, -0.25) is 4.90 Å². The molecule has 4 unspecified atom stereocenters. The summed E-state index contributed by atoms with van der Waals surface area (Å²) in [5, 5.41) is 15.6. The number of aryl methyl sites for hydroxylation is 2. The molecule has 0 saturated carbocycles. The normalized spacial score (nSPS) is 15.3. The van der Waals surface area contributed by atoms with E-state index in [0.717, 1.165) is 44.1 Å². The lowest BCUT2D eigenvalue weighted by Gasteiger charge is -2.48. The van der Waals surface area contributed by atoms with E-state index in [0.29, 0.717) is 16.6 Å². The van der Waals surface area contributed by atoms with Crippen LogP contribution in [0.5, 0.6) is 0 Å². The van der Waals surface area contributed by atoms with Crippen molar-refractivity contribution in [2.45, 2.75) is 37.8 Å². The molecule has 0 amide bonds. The molecule has 0 aliphatic carbocycles. The minimum absolute atomic E-state index is 0.0352. The van der Waals surface area contributed by atoms with E-state index < -0.39 is 11.8 Å². The van der Waals surface area contributed by atoms with Gasteiger partial charge in [-0.15, -0.1) is 0 Å². The van der Waals surface area contributed by atoms with Gasteiger partial charge in [0.25, 0.3) is 0 Å². The van der Waals surface area contributed by atoms with E-state index in [1.807, 2.05) is 61.6 Å². The summed E-state index contributed by atoms with van der Waals surface area (Å²) in [5.41, 5.74) is 11.5. The number of likely N-dealkylation sites (N-methyl/N-ethyl adjacent to an activating group) is 1. The third kappa shape index (κ3) is 5.53. The molecule has 3 N–H and O–H groups in total. The molecule has 0 spiro atoms. The molecule has 0 saturated heterocycles. The Hall–Kier alpha value is -3.62. The monoisotopic (exact) mass is 654 g/mol. The molecule has 6 rings (SSSR count). The number of aliphatic hydroxyl groups is 1. The number of aliphatic hydroxyl groups excluding tert-OH is 1. The predicted octanol–water partition coefficient (Wildman–Crippen LogP) is 7.78. The third-order valence-electron chi connectivity index (χ3n) is 9.35. The predicted molar refractivity (Wildman–Crippen MR) is 190 cm³/mol. The Morgan fingerprint density at radius 2 is 1.39 bits per heavy atom. The highest BCUT2D eigenvalue weighted by atomic mass is 35.5. The van der Waals surface area contributed by atoms with Crippen LogP contribution in [0.1, 0.15) is 28.3 Å². The van der Waals surface area contributed by atoms with Crippen molar-refractivity contribution >= 4 is 45.0 Å². The highest BCUT2D eigenvalue weighted by Crippen LogP contribution is 2.40. The van der Waals surface area contributed by atoms with E-state index >= 15 is 0 Å². The molecule has 238 valence electrons. The molecule has 4 atom stereocenters. The Balaban J connectivity index is 1.55. The number of rotatable bonds is 11. The number of ether oxygens (including phenoxy) is 1. The smallest absolute Gasteiger partial charge is 0.151 e. The molecule has 0 aliphatic heterocycles. The quantitative estimate of drug-likeness (QED) is 0.150. The lowest BCUT2D eigenvalue weighted by molar-refractivity contribution is -0.0651. The van der Waals surface area contributed by atoms with E-state index in [1.165, 1.54) is 0 Å². The van der Waals surface area contributed by atoms with Crippen molar-refractivity contribution in [2.75, 3.05) is 27.2 Å². The summed E-state index contributed by atoms with van der Waals surface area (Å²) in [4.78, 5) is 2.19. The van der Waals surface area contributed by atoms with Crippen LogP contribution in [-0.2, 0) is 10.4 Å². The zero-order valence-electron chi connectivity index (χ0n) is 26.6. The van der Waals surface area contributed by atoms with Gasteiger partial charge in [-0.25, -0.2) is 0 Å². The minimum Gasteiger partial charge on any atom is -0.388 e. The summed E-state index contributed by atoms with van der Waals surface area (Å²) in [5.74, 6) is 0. The first-order valence-electron chi connectivity index (χ1n) is 15.5. The van der Waals surface area contributed by atoms with Crippen LogP contribution in [0.4, 0.5) is 0 Å². The summed E-state index contributed by atoms with van der Waals surface area (Å²) in [6.07, 6.45) is 2.95. The van der Waals surface area contributed by atoms with Crippen LogP contribution < -0.4 is 5.73 Å². The van der Waals surface area contributed by atoms with Crippen LogP contribution in [-0.4, -0.2) is 58.6 Å². The number of nitrogens with zero attached hydrogens (tertiary/aromatic N) is 3. The van der Waals surface area contributed by atoms with Gasteiger partial charge in [0.15, 0.2) is 5.66 Å². The van der Waals surface area contributed by atoms with Gasteiger partial charge in [0.05, 0.1) is 17.7 Å². The Labute approximate surface area is 280 Å². The number of halogens is 2. The van der Waals surface area contributed by atoms with Gasteiger partial charge in [0, 0.05) is 58.9 Å². The molecule has 0 aliphatic rings. The first-order valence-corrected chi connectivity index (χ1v) is 16.2. The van der Waals surface area contributed by atoms with Gasteiger partial charge < -0.3 is 24.7 Å². The molecule has 6 nitrogen and oxygen atoms in total. The zero-order chi connectivity index (χ0) is 32.6. The fraction of sp³-hybridized carbons (Fsp3) is 0.263. The first-order chi connectivity index (χ1) is 22.2. The average molecular weight is 656 g/mol. The fourth-order valence-corrected chi connectivity index (χ4v) is 7.54. The summed E-state index contributed by atoms with van der Waals surface area (Å²) in [6, 6.07) is 32.2. The van der Waals surface area contributed by atoms with Gasteiger partial charge >= 0.3 is 0 Å². The standard InChI is InChI=1S/C38H40Cl2N4O2/c1-25-22-43(33-17-15-29(39)19-31(25)33)37(27-11-7-5-8-12-27)35(46-4)24-42(3)38(36(45)21-41,28-13-9-6-10-14-28)44-23-26(2)32-20-30(40)16-18-34(32)44/h5-20,22-23,35-37,45H,21,24,41H2,1-4H3. The summed E-state index contributed by atoms with van der Waals surface area (Å²) >= 11 is 12.9. The minimum atomic E-state index is -1.09. The molecular formula is C38H40Cl2N4O2. The molecule has 2 heterocycles. The van der Waals surface area contributed by atoms with Crippen molar-refractivity contribution in [2.24, 2.45) is 5.73 Å². The number of aromatic nitrogens is 2. The summed E-state index contributed by atoms with van der Waals surface area (Å²) in [7, 11) is 3.79. The molecular weight excluding hydrogens is 615 g/mol. The molecule has 6 aromatic rings. The van der Waals surface area contributed by atoms with Crippen molar-refractivity contribution in [1.82, 2.24) is 14.0 Å². The summed E-state index contributed by atoms with van der Waals surface area (Å²) < 4.78 is 10.9. The highest BCUT2D eigenvalue weighted by molar-refractivity contribution is 6.31. The van der Waals surface area contributed by atoms with Gasteiger partial charge in [0.1, 0.15) is 6.10 Å². The van der Waals surface area contributed by atoms with Crippen molar-refractivity contribution in [3.63, 3.8) is 0 Å². The molecule has 2 aromatic heterocycles. The van der Waals surface area contributed by atoms with Gasteiger partial charge in [-0.05, 0) is 79.5 Å². The number of hydrogen-bond donors (Lipinski definition) is 2. The van der Waals surface area contributed by atoms with E-state index in [9.17, 15) is 5.11 Å². The second kappa shape index (κ2) is 13.2. The zero-order valence-corrected chi connectivity index (χ0v) is 28.1. The van der Waals surface area contributed by atoms with E-state index in [-0.39, 0.29) is 18.7 Å². The molecule has 46 heavy (non-hydrogen) atoms. The van der Waals surface area contributed by atoms with Crippen LogP contribution >= 0.6 is 23.2 Å². The maximum absolute atomic E-state index is 12.1. The van der Waals surface area contributed by atoms with Crippen molar-refractivity contribution in [1.29, 1.82) is 0 Å². The Bertz CT molecular complexity index is 1960.